The Balaban J connectivity index is 1.51. The van der Waals surface area contributed by atoms with Crippen molar-refractivity contribution in [1.29, 1.82) is 0 Å². The summed E-state index contributed by atoms with van der Waals surface area (Å²) in [4.78, 5) is 13.0. The van der Waals surface area contributed by atoms with Crippen LogP contribution in [-0.4, -0.2) is 31.2 Å². The molecule has 1 N–H and O–H groups in total. The summed E-state index contributed by atoms with van der Waals surface area (Å²) in [5.74, 6) is -0.220. The summed E-state index contributed by atoms with van der Waals surface area (Å²) in [6, 6.07) is 14.5. The van der Waals surface area contributed by atoms with Gasteiger partial charge in [-0.2, -0.15) is 4.31 Å². The molecule has 28 heavy (non-hydrogen) atoms. The molecule has 0 unspecified atom stereocenters. The molecule has 2 aromatic carbocycles. The van der Waals surface area contributed by atoms with Crippen molar-refractivity contribution in [3.63, 3.8) is 0 Å². The van der Waals surface area contributed by atoms with Gasteiger partial charge in [0.1, 0.15) is 6.04 Å². The first-order chi connectivity index (χ1) is 13.6. The molecule has 2 aromatic rings. The van der Waals surface area contributed by atoms with Gasteiger partial charge in [-0.15, -0.1) is 0 Å². The van der Waals surface area contributed by atoms with Gasteiger partial charge in [-0.3, -0.25) is 4.79 Å². The highest BCUT2D eigenvalue weighted by Crippen LogP contribution is 2.29. The van der Waals surface area contributed by atoms with Crippen molar-refractivity contribution < 1.29 is 13.2 Å². The molecule has 1 amide bonds. The summed E-state index contributed by atoms with van der Waals surface area (Å²) in [7, 11) is -3.68. The second-order valence-electron chi connectivity index (χ2n) is 7.61. The van der Waals surface area contributed by atoms with Gasteiger partial charge in [0.2, 0.25) is 15.9 Å². The van der Waals surface area contributed by atoms with Crippen LogP contribution in [0.3, 0.4) is 0 Å². The highest BCUT2D eigenvalue weighted by molar-refractivity contribution is 7.89. The van der Waals surface area contributed by atoms with Crippen LogP contribution in [0.1, 0.15) is 42.4 Å². The lowest BCUT2D eigenvalue weighted by molar-refractivity contribution is -0.124. The molecule has 1 fully saturated rings. The Kier molecular flexibility index (Phi) is 5.51. The van der Waals surface area contributed by atoms with Gasteiger partial charge < -0.3 is 5.32 Å². The molecule has 1 atom stereocenters. The van der Waals surface area contributed by atoms with Gasteiger partial charge in [-0.1, -0.05) is 36.4 Å². The molecule has 0 saturated carbocycles. The number of amides is 1. The second-order valence-corrected chi connectivity index (χ2v) is 9.51. The molecule has 0 aromatic heterocycles. The Hall–Kier alpha value is -2.18. The molecular weight excluding hydrogens is 372 g/mol. The van der Waals surface area contributed by atoms with Crippen LogP contribution in [0.5, 0.6) is 0 Å². The fraction of sp³-hybridized carbons (Fsp3) is 0.409. The van der Waals surface area contributed by atoms with E-state index in [-0.39, 0.29) is 5.91 Å². The smallest absolute Gasteiger partial charge is 0.243 e. The predicted octanol–water partition coefficient (Wildman–Crippen LogP) is 3.03. The third-order valence-corrected chi connectivity index (χ3v) is 7.65. The van der Waals surface area contributed by atoms with Crippen molar-refractivity contribution >= 4 is 15.9 Å². The molecule has 1 saturated heterocycles. The van der Waals surface area contributed by atoms with E-state index in [4.69, 9.17) is 0 Å². The quantitative estimate of drug-likeness (QED) is 0.842. The van der Waals surface area contributed by atoms with Crippen LogP contribution in [0.2, 0.25) is 0 Å². The van der Waals surface area contributed by atoms with Crippen LogP contribution in [0.25, 0.3) is 0 Å². The summed E-state index contributed by atoms with van der Waals surface area (Å²) in [6.07, 6.45) is 5.47. The average Bonchev–Trinajstić information content (AvgIpc) is 3.23. The molecule has 0 spiro atoms. The maximum atomic E-state index is 13.3. The lowest BCUT2D eigenvalue weighted by Gasteiger charge is -2.24. The molecule has 2 aliphatic rings. The maximum Gasteiger partial charge on any atom is 0.243 e. The van der Waals surface area contributed by atoms with Crippen LogP contribution < -0.4 is 5.32 Å². The van der Waals surface area contributed by atoms with Crippen molar-refractivity contribution in [2.24, 2.45) is 0 Å². The molecule has 148 valence electrons. The fourth-order valence-electron chi connectivity index (χ4n) is 4.20. The van der Waals surface area contributed by atoms with E-state index in [1.807, 2.05) is 42.5 Å². The van der Waals surface area contributed by atoms with Crippen molar-refractivity contribution in [2.45, 2.75) is 56.0 Å². The number of hydrogen-bond acceptors (Lipinski definition) is 3. The molecule has 1 heterocycles. The number of rotatable bonds is 5. The van der Waals surface area contributed by atoms with Crippen molar-refractivity contribution in [3.8, 4) is 0 Å². The fourth-order valence-corrected chi connectivity index (χ4v) is 5.91. The summed E-state index contributed by atoms with van der Waals surface area (Å²) < 4.78 is 27.9. The minimum atomic E-state index is -3.68. The number of fused-ring (bicyclic) bond motifs is 1. The average molecular weight is 399 g/mol. The lowest BCUT2D eigenvalue weighted by Crippen LogP contribution is -2.45. The van der Waals surface area contributed by atoms with Gasteiger partial charge in [-0.05, 0) is 67.3 Å². The van der Waals surface area contributed by atoms with E-state index in [1.165, 1.54) is 9.87 Å². The van der Waals surface area contributed by atoms with E-state index in [0.717, 1.165) is 36.8 Å². The molecule has 5 nitrogen and oxygen atoms in total. The zero-order chi connectivity index (χ0) is 19.6. The second kappa shape index (κ2) is 8.05. The molecule has 6 heteroatoms. The van der Waals surface area contributed by atoms with Crippen LogP contribution in [0.15, 0.2) is 53.4 Å². The van der Waals surface area contributed by atoms with Crippen LogP contribution in [0, 0.1) is 0 Å². The van der Waals surface area contributed by atoms with E-state index in [0.29, 0.717) is 30.8 Å². The standard InChI is InChI=1S/C22H26N2O3S/c25-22(23-16-17-7-2-1-3-8-17)21-11-6-14-24(21)28(26,27)20-13-12-18-9-4-5-10-19(18)15-20/h1-3,7-8,12-13,15,21H,4-6,9-11,14,16H2,(H,23,25)/t21-/m0/s1. The van der Waals surface area contributed by atoms with Crippen LogP contribution in [0.4, 0.5) is 0 Å². The first-order valence-electron chi connectivity index (χ1n) is 10.0. The van der Waals surface area contributed by atoms with Crippen molar-refractivity contribution in [1.82, 2.24) is 9.62 Å². The zero-order valence-corrected chi connectivity index (χ0v) is 16.7. The minimum Gasteiger partial charge on any atom is -0.351 e. The Morgan fingerprint density at radius 3 is 2.54 bits per heavy atom. The van der Waals surface area contributed by atoms with Gasteiger partial charge in [0.25, 0.3) is 0 Å². The predicted molar refractivity (Wildman–Crippen MR) is 108 cm³/mol. The van der Waals surface area contributed by atoms with Gasteiger partial charge in [-0.25, -0.2) is 8.42 Å². The number of carbonyl (C=O) groups is 1. The Labute approximate surface area is 166 Å². The number of aryl methyl sites for hydroxylation is 2. The van der Waals surface area contributed by atoms with Crippen molar-refractivity contribution in [2.75, 3.05) is 6.54 Å². The van der Waals surface area contributed by atoms with Crippen molar-refractivity contribution in [3.05, 3.63) is 65.2 Å². The first kappa shape index (κ1) is 19.2. The number of hydrogen-bond donors (Lipinski definition) is 1. The molecule has 0 radical (unpaired) electrons. The third kappa shape index (κ3) is 3.84. The number of benzene rings is 2. The van der Waals surface area contributed by atoms with E-state index >= 15 is 0 Å². The third-order valence-electron chi connectivity index (χ3n) is 5.74. The van der Waals surface area contributed by atoms with E-state index in [1.54, 1.807) is 6.07 Å². The Bertz CT molecular complexity index is 957. The number of nitrogens with zero attached hydrogens (tertiary/aromatic N) is 1. The van der Waals surface area contributed by atoms with Crippen LogP contribution >= 0.6 is 0 Å². The maximum absolute atomic E-state index is 13.3. The van der Waals surface area contributed by atoms with E-state index in [2.05, 4.69) is 5.32 Å². The SMILES string of the molecule is O=C(NCc1ccccc1)[C@@H]1CCCN1S(=O)(=O)c1ccc2c(c1)CCCC2. The highest BCUT2D eigenvalue weighted by atomic mass is 32.2. The molecular formula is C22H26N2O3S. The monoisotopic (exact) mass is 398 g/mol. The Morgan fingerprint density at radius 1 is 1.00 bits per heavy atom. The van der Waals surface area contributed by atoms with E-state index in [9.17, 15) is 13.2 Å². The Morgan fingerprint density at radius 2 is 1.75 bits per heavy atom. The zero-order valence-electron chi connectivity index (χ0n) is 15.9. The highest BCUT2D eigenvalue weighted by Gasteiger charge is 2.39. The van der Waals surface area contributed by atoms with Gasteiger partial charge in [0.15, 0.2) is 0 Å². The first-order valence-corrected chi connectivity index (χ1v) is 11.4. The lowest BCUT2D eigenvalue weighted by atomic mass is 9.92. The number of carbonyl (C=O) groups excluding carboxylic acids is 1. The summed E-state index contributed by atoms with van der Waals surface area (Å²) >= 11 is 0. The summed E-state index contributed by atoms with van der Waals surface area (Å²) in [5.41, 5.74) is 3.39. The number of sulfonamides is 1. The minimum absolute atomic E-state index is 0.220. The molecule has 0 bridgehead atoms. The van der Waals surface area contributed by atoms with Gasteiger partial charge in [0.05, 0.1) is 4.90 Å². The number of nitrogens with one attached hydrogen (secondary N) is 1. The van der Waals surface area contributed by atoms with E-state index < -0.39 is 16.1 Å². The topological polar surface area (TPSA) is 66.5 Å². The molecule has 1 aliphatic heterocycles. The van der Waals surface area contributed by atoms with Gasteiger partial charge in [0, 0.05) is 13.1 Å². The largest absolute Gasteiger partial charge is 0.351 e. The summed E-state index contributed by atoms with van der Waals surface area (Å²) in [6.45, 7) is 0.797. The molecule has 1 aliphatic carbocycles. The summed E-state index contributed by atoms with van der Waals surface area (Å²) in [5, 5.41) is 2.90. The normalized spacial score (nSPS) is 19.9. The molecule has 4 rings (SSSR count). The van der Waals surface area contributed by atoms with Crippen LogP contribution in [-0.2, 0) is 34.2 Å². The van der Waals surface area contributed by atoms with Gasteiger partial charge >= 0.3 is 0 Å².